The van der Waals surface area contributed by atoms with Crippen molar-refractivity contribution in [3.05, 3.63) is 0 Å². The number of carbonyl (C=O) groups is 1. The standard InChI is InChI=1S/C7H14O3S2/c1-3-4-10-6-12-11-5-7(8)9-2/h3-6H2,1-2H3. The molecule has 0 amide bonds. The van der Waals surface area contributed by atoms with Crippen molar-refractivity contribution in [1.29, 1.82) is 0 Å². The van der Waals surface area contributed by atoms with Crippen LogP contribution in [-0.2, 0) is 14.3 Å². The monoisotopic (exact) mass is 210 g/mol. The Labute approximate surface area is 81.0 Å². The number of hydrogen-bond acceptors (Lipinski definition) is 5. The van der Waals surface area contributed by atoms with Crippen LogP contribution in [-0.4, -0.2) is 31.4 Å². The normalized spacial score (nSPS) is 9.83. The minimum atomic E-state index is -0.192. The molecular weight excluding hydrogens is 196 g/mol. The van der Waals surface area contributed by atoms with Gasteiger partial charge in [0.25, 0.3) is 0 Å². The second kappa shape index (κ2) is 9.22. The van der Waals surface area contributed by atoms with Crippen molar-refractivity contribution in [1.82, 2.24) is 0 Å². The third-order valence-corrected chi connectivity index (χ3v) is 2.89. The molecule has 0 aromatic carbocycles. The molecule has 0 aliphatic heterocycles. The van der Waals surface area contributed by atoms with Gasteiger partial charge in [-0.3, -0.25) is 4.79 Å². The smallest absolute Gasteiger partial charge is 0.316 e. The third-order valence-electron chi connectivity index (χ3n) is 0.968. The summed E-state index contributed by atoms with van der Waals surface area (Å²) in [5.41, 5.74) is 0. The molecular formula is C7H14O3S2. The molecule has 0 bridgehead atoms. The van der Waals surface area contributed by atoms with E-state index < -0.39 is 0 Å². The van der Waals surface area contributed by atoms with Gasteiger partial charge in [0, 0.05) is 6.61 Å². The molecule has 0 heterocycles. The van der Waals surface area contributed by atoms with Crippen molar-refractivity contribution < 1.29 is 14.3 Å². The Hall–Kier alpha value is 0.130. The fourth-order valence-corrected chi connectivity index (χ4v) is 1.92. The van der Waals surface area contributed by atoms with E-state index in [9.17, 15) is 4.79 Å². The van der Waals surface area contributed by atoms with Crippen molar-refractivity contribution in [3.8, 4) is 0 Å². The number of hydrogen-bond donors (Lipinski definition) is 0. The fraction of sp³-hybridized carbons (Fsp3) is 0.857. The highest BCUT2D eigenvalue weighted by Gasteiger charge is 1.99. The average molecular weight is 210 g/mol. The van der Waals surface area contributed by atoms with Gasteiger partial charge < -0.3 is 9.47 Å². The molecule has 0 saturated carbocycles. The summed E-state index contributed by atoms with van der Waals surface area (Å²) < 4.78 is 9.65. The first kappa shape index (κ1) is 12.1. The average Bonchev–Trinajstić information content (AvgIpc) is 2.10. The van der Waals surface area contributed by atoms with Crippen molar-refractivity contribution in [2.75, 3.05) is 25.4 Å². The summed E-state index contributed by atoms with van der Waals surface area (Å²) in [6.45, 7) is 2.85. The van der Waals surface area contributed by atoms with Gasteiger partial charge in [-0.05, 0) is 6.42 Å². The molecule has 3 nitrogen and oxygen atoms in total. The summed E-state index contributed by atoms with van der Waals surface area (Å²) in [5, 5.41) is 0. The van der Waals surface area contributed by atoms with Gasteiger partial charge in [-0.15, -0.1) is 0 Å². The minimum Gasteiger partial charge on any atom is -0.468 e. The topological polar surface area (TPSA) is 35.5 Å². The number of esters is 1. The van der Waals surface area contributed by atoms with Gasteiger partial charge in [0.15, 0.2) is 0 Å². The Morgan fingerprint density at radius 3 is 2.75 bits per heavy atom. The highest BCUT2D eigenvalue weighted by atomic mass is 33.1. The summed E-state index contributed by atoms with van der Waals surface area (Å²) in [6, 6.07) is 0. The molecule has 0 rings (SSSR count). The number of rotatable bonds is 7. The van der Waals surface area contributed by atoms with Crippen molar-refractivity contribution in [2.45, 2.75) is 13.3 Å². The van der Waals surface area contributed by atoms with Crippen LogP contribution in [0.4, 0.5) is 0 Å². The van der Waals surface area contributed by atoms with Crippen LogP contribution in [0.25, 0.3) is 0 Å². The lowest BCUT2D eigenvalue weighted by molar-refractivity contribution is -0.137. The summed E-state index contributed by atoms with van der Waals surface area (Å²) in [7, 11) is 4.37. The largest absolute Gasteiger partial charge is 0.468 e. The van der Waals surface area contributed by atoms with Gasteiger partial charge in [-0.25, -0.2) is 0 Å². The van der Waals surface area contributed by atoms with E-state index in [1.54, 1.807) is 0 Å². The van der Waals surface area contributed by atoms with Crippen molar-refractivity contribution in [3.63, 3.8) is 0 Å². The Morgan fingerprint density at radius 2 is 2.17 bits per heavy atom. The highest BCUT2D eigenvalue weighted by Crippen LogP contribution is 2.20. The van der Waals surface area contributed by atoms with E-state index in [2.05, 4.69) is 11.7 Å². The molecule has 0 radical (unpaired) electrons. The lowest BCUT2D eigenvalue weighted by Crippen LogP contribution is -2.02. The van der Waals surface area contributed by atoms with E-state index in [0.717, 1.165) is 13.0 Å². The zero-order valence-electron chi connectivity index (χ0n) is 7.37. The Morgan fingerprint density at radius 1 is 1.42 bits per heavy atom. The molecule has 0 aromatic heterocycles. The van der Waals surface area contributed by atoms with E-state index >= 15 is 0 Å². The van der Waals surface area contributed by atoms with Crippen molar-refractivity contribution in [2.24, 2.45) is 0 Å². The Bertz CT molecular complexity index is 119. The van der Waals surface area contributed by atoms with Crippen LogP contribution in [0.1, 0.15) is 13.3 Å². The zero-order valence-corrected chi connectivity index (χ0v) is 9.00. The fourth-order valence-electron chi connectivity index (χ4n) is 0.420. The summed E-state index contributed by atoms with van der Waals surface area (Å²) in [5.74, 6) is 0.828. The van der Waals surface area contributed by atoms with E-state index in [4.69, 9.17) is 4.74 Å². The first-order valence-corrected chi connectivity index (χ1v) is 6.19. The van der Waals surface area contributed by atoms with Gasteiger partial charge >= 0.3 is 5.97 Å². The van der Waals surface area contributed by atoms with E-state index in [1.165, 1.54) is 28.7 Å². The predicted octanol–water partition coefficient (Wildman–Crippen LogP) is 1.92. The van der Waals surface area contributed by atoms with Crippen LogP contribution in [0, 0.1) is 0 Å². The maximum absolute atomic E-state index is 10.6. The van der Waals surface area contributed by atoms with E-state index in [1.807, 2.05) is 0 Å². The molecule has 72 valence electrons. The molecule has 0 aliphatic carbocycles. The van der Waals surface area contributed by atoms with Gasteiger partial charge in [-0.1, -0.05) is 28.5 Å². The first-order valence-electron chi connectivity index (χ1n) is 3.70. The quantitative estimate of drug-likeness (QED) is 0.278. The van der Waals surface area contributed by atoms with Crippen LogP contribution < -0.4 is 0 Å². The van der Waals surface area contributed by atoms with Gasteiger partial charge in [0.1, 0.15) is 11.7 Å². The predicted molar refractivity (Wildman–Crippen MR) is 53.2 cm³/mol. The van der Waals surface area contributed by atoms with Crippen LogP contribution in [0.2, 0.25) is 0 Å². The summed E-state index contributed by atoms with van der Waals surface area (Å²) in [4.78, 5) is 10.6. The maximum atomic E-state index is 10.6. The van der Waals surface area contributed by atoms with Gasteiger partial charge in [0.05, 0.1) is 7.11 Å². The number of ether oxygens (including phenoxy) is 2. The minimum absolute atomic E-state index is 0.192. The van der Waals surface area contributed by atoms with Crippen LogP contribution >= 0.6 is 21.6 Å². The maximum Gasteiger partial charge on any atom is 0.316 e. The molecule has 0 saturated heterocycles. The number of carbonyl (C=O) groups excluding carboxylic acids is 1. The van der Waals surface area contributed by atoms with Gasteiger partial charge in [0.2, 0.25) is 0 Å². The van der Waals surface area contributed by atoms with Crippen LogP contribution in [0.5, 0.6) is 0 Å². The second-order valence-electron chi connectivity index (χ2n) is 1.98. The van der Waals surface area contributed by atoms with Crippen LogP contribution in [0.3, 0.4) is 0 Å². The first-order chi connectivity index (χ1) is 5.81. The number of methoxy groups -OCH3 is 1. The Balaban J connectivity index is 2.95. The molecule has 0 atom stereocenters. The van der Waals surface area contributed by atoms with Crippen molar-refractivity contribution >= 4 is 27.6 Å². The lowest BCUT2D eigenvalue weighted by Gasteiger charge is -2.00. The molecule has 5 heteroatoms. The molecule has 0 unspecified atom stereocenters. The van der Waals surface area contributed by atoms with E-state index in [0.29, 0.717) is 11.7 Å². The van der Waals surface area contributed by atoms with Gasteiger partial charge in [-0.2, -0.15) is 0 Å². The summed E-state index contributed by atoms with van der Waals surface area (Å²) in [6.07, 6.45) is 1.03. The molecule has 0 aromatic rings. The molecule has 0 N–H and O–H groups in total. The van der Waals surface area contributed by atoms with E-state index in [-0.39, 0.29) is 5.97 Å². The third kappa shape index (κ3) is 8.23. The molecule has 12 heavy (non-hydrogen) atoms. The van der Waals surface area contributed by atoms with Crippen LogP contribution in [0.15, 0.2) is 0 Å². The molecule has 0 fully saturated rings. The molecule has 0 aliphatic rings. The highest BCUT2D eigenvalue weighted by molar-refractivity contribution is 8.76. The zero-order chi connectivity index (χ0) is 9.23. The lowest BCUT2D eigenvalue weighted by atomic mass is 10.5. The summed E-state index contributed by atoms with van der Waals surface area (Å²) >= 11 is 0. The second-order valence-corrected chi connectivity index (χ2v) is 4.39. The molecule has 0 spiro atoms. The Kier molecular flexibility index (Phi) is 9.32. The SMILES string of the molecule is CCCOCSSCC(=O)OC.